The molecule has 0 aliphatic carbocycles. The number of aliphatic hydroxyl groups is 2. The van der Waals surface area contributed by atoms with Crippen molar-refractivity contribution >= 4 is 19.8 Å². The lowest BCUT2D eigenvalue weighted by molar-refractivity contribution is -0.161. The van der Waals surface area contributed by atoms with Gasteiger partial charge in [-0.15, -0.1) is 0 Å². The van der Waals surface area contributed by atoms with E-state index >= 15 is 0 Å². The van der Waals surface area contributed by atoms with E-state index in [-0.39, 0.29) is 19.4 Å². The maximum Gasteiger partial charge on any atom is 0.472 e. The van der Waals surface area contributed by atoms with E-state index in [0.29, 0.717) is 12.8 Å². The highest BCUT2D eigenvalue weighted by molar-refractivity contribution is 7.47. The number of carbonyl (C=O) groups excluding carboxylic acids is 2. The molecule has 1 unspecified atom stereocenters. The van der Waals surface area contributed by atoms with E-state index in [0.717, 1.165) is 38.5 Å². The Labute approximate surface area is 330 Å². The van der Waals surface area contributed by atoms with Crippen molar-refractivity contribution in [2.75, 3.05) is 26.4 Å². The van der Waals surface area contributed by atoms with Crippen molar-refractivity contribution in [3.63, 3.8) is 0 Å². The van der Waals surface area contributed by atoms with Gasteiger partial charge in [-0.2, -0.15) is 0 Å². The fourth-order valence-electron chi connectivity index (χ4n) is 6.22. The molecule has 0 saturated heterocycles. The van der Waals surface area contributed by atoms with Crippen LogP contribution in [0.4, 0.5) is 0 Å². The second-order valence-electron chi connectivity index (χ2n) is 15.1. The summed E-state index contributed by atoms with van der Waals surface area (Å²) in [6, 6.07) is 0. The van der Waals surface area contributed by atoms with Gasteiger partial charge in [-0.25, -0.2) is 4.57 Å². The summed E-state index contributed by atoms with van der Waals surface area (Å²) in [5.74, 6) is -0.916. The number of unbranched alkanes of at least 4 members (excludes halogenated alkanes) is 26. The summed E-state index contributed by atoms with van der Waals surface area (Å²) in [7, 11) is -4.61. The zero-order valence-corrected chi connectivity index (χ0v) is 35.6. The number of rotatable bonds is 42. The van der Waals surface area contributed by atoms with Crippen molar-refractivity contribution in [3.8, 4) is 0 Å². The topological polar surface area (TPSA) is 149 Å². The van der Waals surface area contributed by atoms with Crippen molar-refractivity contribution < 1.29 is 47.8 Å². The van der Waals surface area contributed by atoms with Gasteiger partial charge in [-0.05, 0) is 38.5 Å². The van der Waals surface area contributed by atoms with Crippen molar-refractivity contribution in [2.45, 2.75) is 225 Å². The van der Waals surface area contributed by atoms with E-state index < -0.39 is 51.8 Å². The van der Waals surface area contributed by atoms with E-state index in [1.807, 2.05) is 0 Å². The second-order valence-corrected chi connectivity index (χ2v) is 16.5. The Balaban J connectivity index is 4.25. The number of hydrogen-bond donors (Lipinski definition) is 3. The van der Waals surface area contributed by atoms with Gasteiger partial charge in [0, 0.05) is 12.8 Å². The Hall–Kier alpha value is -1.29. The van der Waals surface area contributed by atoms with Gasteiger partial charge in [0.05, 0.1) is 19.8 Å². The van der Waals surface area contributed by atoms with E-state index in [2.05, 4.69) is 26.0 Å². The zero-order valence-electron chi connectivity index (χ0n) is 34.7. The van der Waals surface area contributed by atoms with Crippen LogP contribution in [0.2, 0.25) is 0 Å². The fourth-order valence-corrected chi connectivity index (χ4v) is 7.01. The summed E-state index contributed by atoms with van der Waals surface area (Å²) in [5.41, 5.74) is 0. The lowest BCUT2D eigenvalue weighted by Gasteiger charge is -2.20. The fraction of sp³-hybridized carbons (Fsp3) is 0.907. The predicted molar refractivity (Wildman–Crippen MR) is 219 cm³/mol. The quantitative estimate of drug-likeness (QED) is 0.0236. The molecule has 0 aliphatic heterocycles. The molecule has 0 aromatic heterocycles. The number of phosphoric ester groups is 1. The molecule has 0 rings (SSSR count). The molecule has 0 aliphatic rings. The third kappa shape index (κ3) is 39.0. The molecule has 54 heavy (non-hydrogen) atoms. The number of ether oxygens (including phenoxy) is 2. The summed E-state index contributed by atoms with van der Waals surface area (Å²) in [5, 5.41) is 18.3. The van der Waals surface area contributed by atoms with E-state index in [1.54, 1.807) is 0 Å². The molecule has 3 N–H and O–H groups in total. The van der Waals surface area contributed by atoms with E-state index in [4.69, 9.17) is 23.6 Å². The van der Waals surface area contributed by atoms with Crippen molar-refractivity contribution in [1.29, 1.82) is 0 Å². The van der Waals surface area contributed by atoms with Gasteiger partial charge in [-0.1, -0.05) is 174 Å². The van der Waals surface area contributed by atoms with Gasteiger partial charge in [0.1, 0.15) is 12.7 Å². The van der Waals surface area contributed by atoms with Gasteiger partial charge < -0.3 is 24.6 Å². The van der Waals surface area contributed by atoms with E-state index in [9.17, 15) is 24.2 Å². The largest absolute Gasteiger partial charge is 0.472 e. The molecule has 0 spiro atoms. The minimum atomic E-state index is -4.61. The third-order valence-corrected chi connectivity index (χ3v) is 10.6. The Bertz CT molecular complexity index is 915. The Morgan fingerprint density at radius 2 is 0.907 bits per heavy atom. The summed E-state index contributed by atoms with van der Waals surface area (Å²) in [4.78, 5) is 35.0. The number of carbonyl (C=O) groups is 2. The first-order valence-electron chi connectivity index (χ1n) is 22.1. The molecule has 0 saturated carbocycles. The number of allylic oxidation sites excluding steroid dienone is 2. The number of esters is 2. The van der Waals surface area contributed by atoms with Crippen LogP contribution < -0.4 is 0 Å². The van der Waals surface area contributed by atoms with Gasteiger partial charge in [0.2, 0.25) is 0 Å². The first-order valence-corrected chi connectivity index (χ1v) is 23.6. The molecule has 0 aromatic carbocycles. The van der Waals surface area contributed by atoms with Gasteiger partial charge >= 0.3 is 19.8 Å². The molecular formula is C43H83O10P. The maximum absolute atomic E-state index is 12.6. The van der Waals surface area contributed by atoms with Crippen LogP contribution in [0.1, 0.15) is 213 Å². The van der Waals surface area contributed by atoms with Crippen molar-refractivity contribution in [3.05, 3.63) is 12.2 Å². The van der Waals surface area contributed by atoms with Crippen LogP contribution in [0, 0.1) is 0 Å². The lowest BCUT2D eigenvalue weighted by Crippen LogP contribution is -2.29. The van der Waals surface area contributed by atoms with Gasteiger partial charge in [0.15, 0.2) is 6.10 Å². The second kappa shape index (κ2) is 39.9. The highest BCUT2D eigenvalue weighted by atomic mass is 31.2. The molecule has 0 amide bonds. The normalized spacial score (nSPS) is 13.9. The summed E-state index contributed by atoms with van der Waals surface area (Å²) in [6.07, 6.45) is 37.4. The average Bonchev–Trinajstić information content (AvgIpc) is 3.16. The molecule has 10 nitrogen and oxygen atoms in total. The molecule has 0 heterocycles. The Morgan fingerprint density at radius 3 is 1.35 bits per heavy atom. The van der Waals surface area contributed by atoms with Crippen LogP contribution in [0.15, 0.2) is 12.2 Å². The van der Waals surface area contributed by atoms with Crippen LogP contribution >= 0.6 is 7.82 Å². The first-order chi connectivity index (χ1) is 26.2. The highest BCUT2D eigenvalue weighted by Crippen LogP contribution is 2.43. The highest BCUT2D eigenvalue weighted by Gasteiger charge is 2.27. The SMILES string of the molecule is CCCCCC/C=C/CCCCCCCCCCCC(=O)O[C@H](COC(=O)CCCCCCCCCCCCCCCC)COP(=O)(O)OC[C@@H](O)CO. The van der Waals surface area contributed by atoms with E-state index in [1.165, 1.54) is 135 Å². The van der Waals surface area contributed by atoms with Gasteiger partial charge in [-0.3, -0.25) is 18.6 Å². The third-order valence-electron chi connectivity index (χ3n) is 9.67. The summed E-state index contributed by atoms with van der Waals surface area (Å²) < 4.78 is 32.7. The summed E-state index contributed by atoms with van der Waals surface area (Å²) >= 11 is 0. The molecule has 3 atom stereocenters. The number of hydrogen-bond acceptors (Lipinski definition) is 9. The molecule has 0 fully saturated rings. The Morgan fingerprint density at radius 1 is 0.537 bits per heavy atom. The number of aliphatic hydroxyl groups excluding tert-OH is 2. The van der Waals surface area contributed by atoms with Gasteiger partial charge in [0.25, 0.3) is 0 Å². The zero-order chi connectivity index (χ0) is 39.8. The van der Waals surface area contributed by atoms with Crippen LogP contribution in [-0.4, -0.2) is 65.7 Å². The molecule has 0 aromatic rings. The van der Waals surface area contributed by atoms with Crippen molar-refractivity contribution in [2.24, 2.45) is 0 Å². The minimum absolute atomic E-state index is 0.186. The lowest BCUT2D eigenvalue weighted by atomic mass is 10.0. The minimum Gasteiger partial charge on any atom is -0.462 e. The molecule has 0 radical (unpaired) electrons. The maximum atomic E-state index is 12.6. The standard InChI is InChI=1S/C43H83O10P/c1-3-5-7-9-11-13-15-17-19-20-21-23-25-27-29-31-33-35-43(47)53-41(39-52-54(48,49)51-37-40(45)36-44)38-50-42(46)34-32-30-28-26-24-22-18-16-14-12-10-8-6-4-2/h13,15,40-41,44-45H,3-12,14,16-39H2,1-2H3,(H,48,49)/b15-13+/t40-,41+/m0/s1. The summed E-state index contributed by atoms with van der Waals surface area (Å²) in [6.45, 7) is 2.39. The van der Waals surface area contributed by atoms with Crippen LogP contribution in [0.3, 0.4) is 0 Å². The molecule has 320 valence electrons. The van der Waals surface area contributed by atoms with Crippen LogP contribution in [0.5, 0.6) is 0 Å². The predicted octanol–water partition coefficient (Wildman–Crippen LogP) is 11.6. The number of phosphoric acid groups is 1. The smallest absolute Gasteiger partial charge is 0.462 e. The molecule has 11 heteroatoms. The first kappa shape index (κ1) is 52.7. The molecular weight excluding hydrogens is 707 g/mol. The monoisotopic (exact) mass is 791 g/mol. The van der Waals surface area contributed by atoms with Crippen LogP contribution in [-0.2, 0) is 32.7 Å². The van der Waals surface area contributed by atoms with Crippen LogP contribution in [0.25, 0.3) is 0 Å². The molecule has 0 bridgehead atoms. The van der Waals surface area contributed by atoms with Crippen molar-refractivity contribution in [1.82, 2.24) is 0 Å². The average molecular weight is 791 g/mol. The Kier molecular flexibility index (Phi) is 39.0.